The number of nitro groups is 1. The molecule has 9 nitrogen and oxygen atoms in total. The maximum absolute atomic E-state index is 12.5. The molecule has 0 spiro atoms. The van der Waals surface area contributed by atoms with E-state index >= 15 is 0 Å². The number of halogens is 1. The lowest BCUT2D eigenvalue weighted by atomic mass is 10.1. The molecule has 0 atom stereocenters. The Bertz CT molecular complexity index is 1300. The number of amides is 1. The highest BCUT2D eigenvalue weighted by Gasteiger charge is 2.15. The first kappa shape index (κ1) is 24.1. The summed E-state index contributed by atoms with van der Waals surface area (Å²) in [5, 5.41) is 32.5. The summed E-state index contributed by atoms with van der Waals surface area (Å²) in [6.45, 7) is 0.00538. The van der Waals surface area contributed by atoms with Crippen LogP contribution in [0.5, 0.6) is 17.2 Å². The number of carbonyl (C=O) groups excluding carboxylic acids is 1. The van der Waals surface area contributed by atoms with E-state index in [1.807, 2.05) is 6.07 Å². The first-order chi connectivity index (χ1) is 16.3. The van der Waals surface area contributed by atoms with E-state index in [1.54, 1.807) is 18.2 Å². The highest BCUT2D eigenvalue weighted by atomic mass is 35.5. The zero-order valence-corrected chi connectivity index (χ0v) is 18.6. The van der Waals surface area contributed by atoms with E-state index in [9.17, 15) is 25.3 Å². The number of methoxy groups -OCH3 is 1. The maximum atomic E-state index is 12.5. The van der Waals surface area contributed by atoms with E-state index in [4.69, 9.17) is 21.1 Å². The number of nitrogens with one attached hydrogen (secondary N) is 1. The standard InChI is InChI=1S/C24H18ClN3O6/c1-33-22-12-16(9-17(13-26)24(30)27-18-5-7-20(29)8-6-18)11-21(25)23(22)34-14-15-3-2-4-19(10-15)28(31)32/h2-12,29H,14H2,1H3,(H,27,30)/b17-9+. The average molecular weight is 480 g/mol. The van der Waals surface area contributed by atoms with Gasteiger partial charge in [0.25, 0.3) is 11.6 Å². The Labute approximate surface area is 199 Å². The molecule has 0 unspecified atom stereocenters. The molecule has 0 saturated heterocycles. The first-order valence-electron chi connectivity index (χ1n) is 9.76. The van der Waals surface area contributed by atoms with Gasteiger partial charge in [0.2, 0.25) is 0 Å². The summed E-state index contributed by atoms with van der Waals surface area (Å²) in [6.07, 6.45) is 1.34. The molecular formula is C24H18ClN3O6. The van der Waals surface area contributed by atoms with Crippen LogP contribution in [-0.2, 0) is 11.4 Å². The number of non-ortho nitro benzene ring substituents is 1. The number of rotatable bonds is 8. The van der Waals surface area contributed by atoms with Gasteiger partial charge in [0.15, 0.2) is 11.5 Å². The molecule has 3 aromatic carbocycles. The molecule has 0 bridgehead atoms. The molecule has 1 amide bonds. The number of phenolic OH excluding ortho intramolecular Hbond substituents is 1. The van der Waals surface area contributed by atoms with Gasteiger partial charge >= 0.3 is 0 Å². The molecule has 0 aliphatic rings. The summed E-state index contributed by atoms with van der Waals surface area (Å²) in [7, 11) is 1.40. The fraction of sp³-hybridized carbons (Fsp3) is 0.0833. The van der Waals surface area contributed by atoms with Crippen LogP contribution >= 0.6 is 11.6 Å². The number of hydrogen-bond acceptors (Lipinski definition) is 7. The molecule has 0 heterocycles. The number of carbonyl (C=O) groups is 1. The van der Waals surface area contributed by atoms with Crippen LogP contribution in [0.2, 0.25) is 5.02 Å². The number of nitro benzene ring substituents is 1. The van der Waals surface area contributed by atoms with Gasteiger partial charge in [0.05, 0.1) is 17.1 Å². The second kappa shape index (κ2) is 10.8. The monoisotopic (exact) mass is 479 g/mol. The van der Waals surface area contributed by atoms with Crippen molar-refractivity contribution in [2.24, 2.45) is 0 Å². The average Bonchev–Trinajstić information content (AvgIpc) is 2.83. The number of phenols is 1. The van der Waals surface area contributed by atoms with Crippen LogP contribution in [0.15, 0.2) is 66.2 Å². The Hall–Kier alpha value is -4.55. The molecular weight excluding hydrogens is 462 g/mol. The van der Waals surface area contributed by atoms with Crippen molar-refractivity contribution in [2.45, 2.75) is 6.61 Å². The Morgan fingerprint density at radius 1 is 1.24 bits per heavy atom. The number of nitriles is 1. The summed E-state index contributed by atoms with van der Waals surface area (Å²) in [5.41, 5.74) is 1.14. The van der Waals surface area contributed by atoms with Gasteiger partial charge in [0.1, 0.15) is 24.0 Å². The number of anilines is 1. The summed E-state index contributed by atoms with van der Waals surface area (Å²) >= 11 is 6.36. The molecule has 0 aliphatic carbocycles. The third-order valence-corrected chi connectivity index (χ3v) is 4.84. The summed E-state index contributed by atoms with van der Waals surface area (Å²) in [5.74, 6) is -0.141. The molecule has 2 N–H and O–H groups in total. The highest BCUT2D eigenvalue weighted by molar-refractivity contribution is 6.32. The fourth-order valence-electron chi connectivity index (χ4n) is 2.94. The number of aromatic hydroxyl groups is 1. The molecule has 0 fully saturated rings. The summed E-state index contributed by atoms with van der Waals surface area (Å²) in [6, 6.07) is 16.7. The molecule has 3 aromatic rings. The van der Waals surface area contributed by atoms with E-state index in [0.717, 1.165) is 0 Å². The zero-order valence-electron chi connectivity index (χ0n) is 17.8. The number of ether oxygens (including phenoxy) is 2. The topological polar surface area (TPSA) is 135 Å². The van der Waals surface area contributed by atoms with Crippen LogP contribution in [-0.4, -0.2) is 23.0 Å². The number of hydrogen-bond donors (Lipinski definition) is 2. The minimum Gasteiger partial charge on any atom is -0.508 e. The Morgan fingerprint density at radius 3 is 2.62 bits per heavy atom. The van der Waals surface area contributed by atoms with Crippen molar-refractivity contribution in [2.75, 3.05) is 12.4 Å². The maximum Gasteiger partial charge on any atom is 0.269 e. The molecule has 0 radical (unpaired) electrons. The van der Waals surface area contributed by atoms with E-state index in [0.29, 0.717) is 16.8 Å². The second-order valence-corrected chi connectivity index (χ2v) is 7.33. The third-order valence-electron chi connectivity index (χ3n) is 4.56. The molecule has 0 aliphatic heterocycles. The van der Waals surface area contributed by atoms with Crippen molar-refractivity contribution >= 4 is 35.0 Å². The summed E-state index contributed by atoms with van der Waals surface area (Å²) < 4.78 is 11.1. The number of nitrogens with zero attached hydrogens (tertiary/aromatic N) is 2. The van der Waals surface area contributed by atoms with Gasteiger partial charge in [-0.15, -0.1) is 0 Å². The Morgan fingerprint density at radius 2 is 1.97 bits per heavy atom. The van der Waals surface area contributed by atoms with Gasteiger partial charge in [-0.1, -0.05) is 23.7 Å². The lowest BCUT2D eigenvalue weighted by Crippen LogP contribution is -2.13. The van der Waals surface area contributed by atoms with Gasteiger partial charge in [-0.3, -0.25) is 14.9 Å². The molecule has 0 saturated carbocycles. The van der Waals surface area contributed by atoms with Crippen molar-refractivity contribution in [3.8, 4) is 23.3 Å². The number of benzene rings is 3. The minimum atomic E-state index is -0.644. The third kappa shape index (κ3) is 6.03. The van der Waals surface area contributed by atoms with Crippen LogP contribution < -0.4 is 14.8 Å². The highest BCUT2D eigenvalue weighted by Crippen LogP contribution is 2.37. The molecule has 172 valence electrons. The lowest BCUT2D eigenvalue weighted by Gasteiger charge is -2.13. The van der Waals surface area contributed by atoms with Crippen LogP contribution in [0.1, 0.15) is 11.1 Å². The largest absolute Gasteiger partial charge is 0.508 e. The van der Waals surface area contributed by atoms with Crippen molar-refractivity contribution in [1.29, 1.82) is 5.26 Å². The van der Waals surface area contributed by atoms with Crippen molar-refractivity contribution < 1.29 is 24.3 Å². The second-order valence-electron chi connectivity index (χ2n) is 6.92. The molecule has 0 aromatic heterocycles. The zero-order chi connectivity index (χ0) is 24.7. The van der Waals surface area contributed by atoms with Crippen LogP contribution in [0, 0.1) is 21.4 Å². The quantitative estimate of drug-likeness (QED) is 0.151. The fourth-order valence-corrected chi connectivity index (χ4v) is 3.21. The van der Waals surface area contributed by atoms with Crippen molar-refractivity contribution in [3.63, 3.8) is 0 Å². The SMILES string of the molecule is COc1cc(/C=C(\C#N)C(=O)Nc2ccc(O)cc2)cc(Cl)c1OCc1cccc([N+](=O)[O-])c1. The van der Waals surface area contributed by atoms with Crippen molar-refractivity contribution in [1.82, 2.24) is 0 Å². The van der Waals surface area contributed by atoms with Gasteiger partial charge in [-0.25, -0.2) is 0 Å². The van der Waals surface area contributed by atoms with E-state index in [-0.39, 0.29) is 40.1 Å². The smallest absolute Gasteiger partial charge is 0.269 e. The molecule has 34 heavy (non-hydrogen) atoms. The van der Waals surface area contributed by atoms with Gasteiger partial charge in [-0.05, 0) is 53.6 Å². The Kier molecular flexibility index (Phi) is 7.69. The van der Waals surface area contributed by atoms with Gasteiger partial charge in [-0.2, -0.15) is 5.26 Å². The van der Waals surface area contributed by atoms with E-state index in [2.05, 4.69) is 5.32 Å². The minimum absolute atomic E-state index is 0.00538. The Balaban J connectivity index is 1.81. The predicted octanol–water partition coefficient (Wildman–Crippen LogP) is 5.09. The first-order valence-corrected chi connectivity index (χ1v) is 10.1. The normalized spacial score (nSPS) is 10.8. The lowest BCUT2D eigenvalue weighted by molar-refractivity contribution is -0.384. The van der Waals surface area contributed by atoms with Gasteiger partial charge in [0, 0.05) is 17.8 Å². The molecule has 3 rings (SSSR count). The van der Waals surface area contributed by atoms with E-state index < -0.39 is 10.8 Å². The predicted molar refractivity (Wildman–Crippen MR) is 126 cm³/mol. The molecule has 10 heteroatoms. The van der Waals surface area contributed by atoms with E-state index in [1.165, 1.54) is 55.7 Å². The van der Waals surface area contributed by atoms with Crippen LogP contribution in [0.3, 0.4) is 0 Å². The van der Waals surface area contributed by atoms with Gasteiger partial charge < -0.3 is 19.9 Å². The summed E-state index contributed by atoms with van der Waals surface area (Å²) in [4.78, 5) is 22.9. The van der Waals surface area contributed by atoms with Crippen LogP contribution in [0.4, 0.5) is 11.4 Å². The van der Waals surface area contributed by atoms with Crippen molar-refractivity contribution in [3.05, 3.63) is 92.5 Å². The van der Waals surface area contributed by atoms with Crippen LogP contribution in [0.25, 0.3) is 6.08 Å².